The molecule has 0 saturated heterocycles. The van der Waals surface area contributed by atoms with Gasteiger partial charge in [0.25, 0.3) is 5.56 Å². The first-order valence-electron chi connectivity index (χ1n) is 6.04. The molecule has 2 aromatic rings. The van der Waals surface area contributed by atoms with Crippen LogP contribution in [0.5, 0.6) is 0 Å². The Hall–Kier alpha value is -1.89. The summed E-state index contributed by atoms with van der Waals surface area (Å²) in [4.78, 5) is 22.1. The van der Waals surface area contributed by atoms with Crippen LogP contribution < -0.4 is 11.3 Å². The van der Waals surface area contributed by atoms with E-state index in [1.54, 1.807) is 6.33 Å². The molecule has 0 atom stereocenters. The zero-order chi connectivity index (χ0) is 13.0. The van der Waals surface area contributed by atoms with Crippen LogP contribution in [0, 0.1) is 0 Å². The smallest absolute Gasteiger partial charge is 0.280 e. The third-order valence-corrected chi connectivity index (χ3v) is 2.80. The molecule has 0 saturated carbocycles. The Morgan fingerprint density at radius 2 is 2.11 bits per heavy atom. The van der Waals surface area contributed by atoms with Gasteiger partial charge >= 0.3 is 0 Å². The lowest BCUT2D eigenvalue weighted by Gasteiger charge is -2.03. The lowest BCUT2D eigenvalue weighted by Crippen LogP contribution is -2.12. The lowest BCUT2D eigenvalue weighted by molar-refractivity contribution is 0.282. The Labute approximate surface area is 104 Å². The number of nitrogen functional groups attached to an aromatic ring is 1. The van der Waals surface area contributed by atoms with Crippen molar-refractivity contribution >= 4 is 17.1 Å². The number of hydrogen-bond donors (Lipinski definition) is 3. The molecule has 7 heteroatoms. The van der Waals surface area contributed by atoms with Crippen molar-refractivity contribution in [2.45, 2.75) is 32.2 Å². The van der Waals surface area contributed by atoms with Crippen molar-refractivity contribution in [2.24, 2.45) is 0 Å². The predicted molar refractivity (Wildman–Crippen MR) is 68.1 cm³/mol. The van der Waals surface area contributed by atoms with Crippen molar-refractivity contribution in [2.75, 3.05) is 12.3 Å². The predicted octanol–water partition coefficient (Wildman–Crippen LogP) is 0.254. The van der Waals surface area contributed by atoms with Crippen molar-refractivity contribution in [1.82, 2.24) is 19.5 Å². The first kappa shape index (κ1) is 12.6. The van der Waals surface area contributed by atoms with E-state index in [0.717, 1.165) is 32.2 Å². The van der Waals surface area contributed by atoms with Crippen molar-refractivity contribution < 1.29 is 5.11 Å². The first-order valence-corrected chi connectivity index (χ1v) is 6.04. The Bertz CT molecular complexity index is 574. The quantitative estimate of drug-likeness (QED) is 0.638. The summed E-state index contributed by atoms with van der Waals surface area (Å²) < 4.78 is 1.83. The normalized spacial score (nSPS) is 11.2. The maximum atomic E-state index is 11.5. The first-order chi connectivity index (χ1) is 8.72. The number of aliphatic hydroxyl groups excluding tert-OH is 1. The molecule has 0 aliphatic carbocycles. The molecule has 2 rings (SSSR count). The highest BCUT2D eigenvalue weighted by Crippen LogP contribution is 2.09. The van der Waals surface area contributed by atoms with Crippen LogP contribution in [0.2, 0.25) is 0 Å². The molecule has 2 aromatic heterocycles. The van der Waals surface area contributed by atoms with Crippen LogP contribution in [-0.2, 0) is 6.54 Å². The average molecular weight is 251 g/mol. The van der Waals surface area contributed by atoms with Gasteiger partial charge in [0.05, 0.1) is 6.33 Å². The van der Waals surface area contributed by atoms with Gasteiger partial charge in [-0.15, -0.1) is 0 Å². The Kier molecular flexibility index (Phi) is 3.93. The van der Waals surface area contributed by atoms with Crippen LogP contribution in [0.15, 0.2) is 11.1 Å². The average Bonchev–Trinajstić information content (AvgIpc) is 2.72. The van der Waals surface area contributed by atoms with Crippen LogP contribution in [0.25, 0.3) is 11.2 Å². The number of unbranched alkanes of at least 4 members (excludes halogenated alkanes) is 3. The Morgan fingerprint density at radius 1 is 1.33 bits per heavy atom. The van der Waals surface area contributed by atoms with Crippen LogP contribution in [-0.4, -0.2) is 31.2 Å². The number of aliphatic hydroxyl groups is 1. The standard InChI is InChI=1S/C11H17N5O2/c12-11-14-9-8(10(18)15-11)13-7-16(9)5-3-1-2-4-6-17/h7,17H,1-6H2,(H3,12,14,15,18). The minimum absolute atomic E-state index is 0.106. The van der Waals surface area contributed by atoms with E-state index in [9.17, 15) is 4.79 Å². The molecule has 2 heterocycles. The zero-order valence-corrected chi connectivity index (χ0v) is 10.1. The summed E-state index contributed by atoms with van der Waals surface area (Å²) in [7, 11) is 0. The number of H-pyrrole nitrogens is 1. The molecule has 0 aliphatic heterocycles. The highest BCUT2D eigenvalue weighted by atomic mass is 16.2. The van der Waals surface area contributed by atoms with E-state index < -0.39 is 0 Å². The molecule has 0 aliphatic rings. The molecule has 98 valence electrons. The third kappa shape index (κ3) is 2.67. The topological polar surface area (TPSA) is 110 Å². The van der Waals surface area contributed by atoms with Gasteiger partial charge < -0.3 is 15.4 Å². The number of hydrogen-bond acceptors (Lipinski definition) is 5. The molecular formula is C11H17N5O2. The molecule has 18 heavy (non-hydrogen) atoms. The molecule has 0 amide bonds. The number of nitrogens with zero attached hydrogens (tertiary/aromatic N) is 3. The number of aryl methyl sites for hydroxylation is 1. The summed E-state index contributed by atoms with van der Waals surface area (Å²) in [5.41, 5.74) is 6.05. The van der Waals surface area contributed by atoms with Crippen molar-refractivity contribution in [3.05, 3.63) is 16.7 Å². The number of nitrogens with two attached hydrogens (primary N) is 1. The fourth-order valence-corrected chi connectivity index (χ4v) is 1.88. The number of imidazole rings is 1. The molecule has 0 radical (unpaired) electrons. The van der Waals surface area contributed by atoms with Crippen LogP contribution in [0.3, 0.4) is 0 Å². The number of anilines is 1. The number of aromatic nitrogens is 4. The van der Waals surface area contributed by atoms with Gasteiger partial charge in [-0.05, 0) is 12.8 Å². The number of aromatic amines is 1. The van der Waals surface area contributed by atoms with E-state index >= 15 is 0 Å². The third-order valence-electron chi connectivity index (χ3n) is 2.80. The maximum absolute atomic E-state index is 11.5. The van der Waals surface area contributed by atoms with E-state index in [0.29, 0.717) is 11.2 Å². The highest BCUT2D eigenvalue weighted by molar-refractivity contribution is 5.70. The second kappa shape index (κ2) is 5.63. The Morgan fingerprint density at radius 3 is 2.89 bits per heavy atom. The zero-order valence-electron chi connectivity index (χ0n) is 10.1. The van der Waals surface area contributed by atoms with Crippen LogP contribution in [0.1, 0.15) is 25.7 Å². The summed E-state index contributed by atoms with van der Waals surface area (Å²) in [6.45, 7) is 0.985. The summed E-state index contributed by atoms with van der Waals surface area (Å²) in [5.74, 6) is 0.106. The summed E-state index contributed by atoms with van der Waals surface area (Å²) in [6.07, 6.45) is 5.42. The molecule has 0 fully saturated rings. The van der Waals surface area contributed by atoms with E-state index in [-0.39, 0.29) is 18.1 Å². The molecular weight excluding hydrogens is 234 g/mol. The minimum Gasteiger partial charge on any atom is -0.396 e. The van der Waals surface area contributed by atoms with Gasteiger partial charge in [-0.2, -0.15) is 4.98 Å². The number of nitrogens with one attached hydrogen (secondary N) is 1. The minimum atomic E-state index is -0.309. The molecule has 7 nitrogen and oxygen atoms in total. The van der Waals surface area contributed by atoms with Gasteiger partial charge in [-0.3, -0.25) is 9.78 Å². The van der Waals surface area contributed by atoms with Gasteiger partial charge in [0.15, 0.2) is 11.2 Å². The summed E-state index contributed by atoms with van der Waals surface area (Å²) >= 11 is 0. The van der Waals surface area contributed by atoms with Gasteiger partial charge in [-0.1, -0.05) is 12.8 Å². The number of fused-ring (bicyclic) bond motifs is 1. The number of rotatable bonds is 6. The maximum Gasteiger partial charge on any atom is 0.280 e. The van der Waals surface area contributed by atoms with Crippen molar-refractivity contribution in [1.29, 1.82) is 0 Å². The van der Waals surface area contributed by atoms with E-state index in [1.165, 1.54) is 0 Å². The van der Waals surface area contributed by atoms with Crippen molar-refractivity contribution in [3.8, 4) is 0 Å². The second-order valence-electron chi connectivity index (χ2n) is 4.20. The summed E-state index contributed by atoms with van der Waals surface area (Å²) in [6, 6.07) is 0. The fraction of sp³-hybridized carbons (Fsp3) is 0.545. The molecule has 0 unspecified atom stereocenters. The monoisotopic (exact) mass is 251 g/mol. The Balaban J connectivity index is 2.07. The molecule has 0 bridgehead atoms. The molecule has 0 spiro atoms. The van der Waals surface area contributed by atoms with Gasteiger partial charge in [-0.25, -0.2) is 4.98 Å². The van der Waals surface area contributed by atoms with Crippen LogP contribution >= 0.6 is 0 Å². The second-order valence-corrected chi connectivity index (χ2v) is 4.20. The van der Waals surface area contributed by atoms with Gasteiger partial charge in [0, 0.05) is 13.2 Å². The van der Waals surface area contributed by atoms with E-state index in [1.807, 2.05) is 4.57 Å². The van der Waals surface area contributed by atoms with E-state index in [4.69, 9.17) is 10.8 Å². The van der Waals surface area contributed by atoms with Gasteiger partial charge in [0.1, 0.15) is 0 Å². The molecule has 0 aromatic carbocycles. The van der Waals surface area contributed by atoms with E-state index in [2.05, 4.69) is 15.0 Å². The summed E-state index contributed by atoms with van der Waals surface area (Å²) in [5, 5.41) is 8.67. The lowest BCUT2D eigenvalue weighted by atomic mass is 10.2. The molecule has 4 N–H and O–H groups in total. The fourth-order valence-electron chi connectivity index (χ4n) is 1.88. The highest BCUT2D eigenvalue weighted by Gasteiger charge is 2.08. The van der Waals surface area contributed by atoms with Crippen LogP contribution in [0.4, 0.5) is 5.95 Å². The largest absolute Gasteiger partial charge is 0.396 e. The SMILES string of the molecule is Nc1nc2c(ncn2CCCCCCO)c(=O)[nH]1. The van der Waals surface area contributed by atoms with Gasteiger partial charge in [0.2, 0.25) is 5.95 Å². The van der Waals surface area contributed by atoms with Crippen molar-refractivity contribution in [3.63, 3.8) is 0 Å².